The first kappa shape index (κ1) is 30.6. The maximum atomic E-state index is 16.0. The van der Waals surface area contributed by atoms with E-state index in [1.807, 2.05) is 0 Å². The number of anilines is 2. The molecule has 3 aromatic rings. The lowest BCUT2D eigenvalue weighted by Crippen LogP contribution is -2.41. The Morgan fingerprint density at radius 3 is 2.56 bits per heavy atom. The molecule has 1 aliphatic rings. The van der Waals surface area contributed by atoms with Gasteiger partial charge in [-0.1, -0.05) is 18.2 Å². The van der Waals surface area contributed by atoms with Crippen LogP contribution in [0.1, 0.15) is 33.9 Å². The summed E-state index contributed by atoms with van der Waals surface area (Å²) >= 11 is 0. The van der Waals surface area contributed by atoms with Crippen molar-refractivity contribution in [3.63, 3.8) is 0 Å². The van der Waals surface area contributed by atoms with Crippen molar-refractivity contribution in [3.05, 3.63) is 36.7 Å². The van der Waals surface area contributed by atoms with Crippen LogP contribution in [0.2, 0.25) is 0 Å². The Morgan fingerprint density at radius 1 is 1.22 bits per heavy atom. The highest BCUT2D eigenvalue weighted by Crippen LogP contribution is 2.48. The number of para-hydroxylation sites is 1. The predicted octanol–water partition coefficient (Wildman–Crippen LogP) is 3.03. The fraction of sp³-hybridized carbons (Fsp3) is 0.520. The van der Waals surface area contributed by atoms with Gasteiger partial charge in [0.15, 0.2) is 28.9 Å². The molecule has 0 saturated carbocycles. The summed E-state index contributed by atoms with van der Waals surface area (Å²) in [4.78, 5) is 25.4. The number of hydrogen-bond donors (Lipinski definition) is 4. The van der Waals surface area contributed by atoms with Crippen LogP contribution in [0.4, 0.5) is 16.2 Å². The molecule has 0 spiro atoms. The molecular formula is C25H35FN7O7P. The Hall–Kier alpha value is -3.36. The zero-order chi connectivity index (χ0) is 29.9. The van der Waals surface area contributed by atoms with Gasteiger partial charge in [0.25, 0.3) is 0 Å². The molecule has 1 unspecified atom stereocenters. The van der Waals surface area contributed by atoms with Crippen molar-refractivity contribution >= 4 is 36.6 Å². The summed E-state index contributed by atoms with van der Waals surface area (Å²) in [7, 11) is -0.978. The van der Waals surface area contributed by atoms with Gasteiger partial charge in [-0.25, -0.2) is 13.9 Å². The van der Waals surface area contributed by atoms with E-state index >= 15 is 4.39 Å². The normalized spacial score (nSPS) is 24.7. The van der Waals surface area contributed by atoms with Gasteiger partial charge in [0, 0.05) is 14.1 Å². The molecule has 1 fully saturated rings. The first-order valence-electron chi connectivity index (χ1n) is 13.0. The molecule has 3 heterocycles. The molecule has 0 radical (unpaired) electrons. The molecule has 14 nitrogen and oxygen atoms in total. The minimum atomic E-state index is -4.28. The quantitative estimate of drug-likeness (QED) is 0.178. The van der Waals surface area contributed by atoms with E-state index in [1.54, 1.807) is 58.3 Å². The summed E-state index contributed by atoms with van der Waals surface area (Å²) in [5.41, 5.74) is -1.71. The van der Waals surface area contributed by atoms with Crippen molar-refractivity contribution in [3.8, 4) is 5.75 Å². The number of nitrogens with one attached hydrogen (secondary N) is 3. The zero-order valence-electron chi connectivity index (χ0n) is 23.6. The number of imidazole rings is 1. The predicted molar refractivity (Wildman–Crippen MR) is 148 cm³/mol. The molecule has 0 bridgehead atoms. The Bertz CT molecular complexity index is 1410. The average molecular weight is 596 g/mol. The molecule has 4 N–H and O–H groups in total. The molecule has 224 valence electrons. The third kappa shape index (κ3) is 6.60. The van der Waals surface area contributed by atoms with E-state index in [9.17, 15) is 14.5 Å². The first-order chi connectivity index (χ1) is 19.4. The maximum absolute atomic E-state index is 16.0. The van der Waals surface area contributed by atoms with Gasteiger partial charge in [-0.05, 0) is 39.8 Å². The molecule has 41 heavy (non-hydrogen) atoms. The molecule has 16 heteroatoms. The van der Waals surface area contributed by atoms with Gasteiger partial charge < -0.3 is 29.7 Å². The largest absolute Gasteiger partial charge is 0.462 e. The first-order valence-corrected chi connectivity index (χ1v) is 14.5. The minimum Gasteiger partial charge on any atom is -0.462 e. The number of aliphatic hydroxyl groups excluding tert-OH is 1. The molecule has 1 aliphatic heterocycles. The van der Waals surface area contributed by atoms with Gasteiger partial charge in [0.2, 0.25) is 5.95 Å². The highest BCUT2D eigenvalue weighted by Gasteiger charge is 2.56. The van der Waals surface area contributed by atoms with Crippen molar-refractivity contribution in [1.82, 2.24) is 24.6 Å². The maximum Gasteiger partial charge on any atom is 0.459 e. The lowest BCUT2D eigenvalue weighted by molar-refractivity contribution is -0.149. The molecule has 0 amide bonds. The van der Waals surface area contributed by atoms with E-state index < -0.39 is 56.6 Å². The van der Waals surface area contributed by atoms with E-state index in [4.69, 9.17) is 18.5 Å². The molecule has 6 atom stereocenters. The second-order valence-electron chi connectivity index (χ2n) is 9.88. The number of carbonyl (C=O) groups is 1. The highest BCUT2D eigenvalue weighted by atomic mass is 31.2. The second kappa shape index (κ2) is 12.2. The summed E-state index contributed by atoms with van der Waals surface area (Å²) in [5, 5.41) is 19.2. The number of halogens is 1. The van der Waals surface area contributed by atoms with Crippen molar-refractivity contribution < 1.29 is 37.4 Å². The SMILES string of the molecule is CNc1nc(NC)c2ncn([C@@H]3OC(CO[P@](=O)(N[C@@H](C)C(=O)OC(C)C)Oc4ccccc4)[C@@H](O)[C@@]3(C)F)c2n1. The fourth-order valence-corrected chi connectivity index (χ4v) is 5.73. The molecule has 0 aliphatic carbocycles. The number of esters is 1. The Morgan fingerprint density at radius 2 is 1.93 bits per heavy atom. The van der Waals surface area contributed by atoms with Crippen LogP contribution in [0.3, 0.4) is 0 Å². The van der Waals surface area contributed by atoms with Crippen LogP contribution in [0.15, 0.2) is 36.7 Å². The van der Waals surface area contributed by atoms with Crippen molar-refractivity contribution in [2.24, 2.45) is 0 Å². The monoisotopic (exact) mass is 595 g/mol. The smallest absolute Gasteiger partial charge is 0.459 e. The van der Waals surface area contributed by atoms with Crippen LogP contribution in [0.5, 0.6) is 5.75 Å². The van der Waals surface area contributed by atoms with Crippen molar-refractivity contribution in [1.29, 1.82) is 0 Å². The third-order valence-corrected chi connectivity index (χ3v) is 7.93. The number of carbonyl (C=O) groups excluding carboxylic acids is 1. The number of rotatable bonds is 12. The topological polar surface area (TPSA) is 171 Å². The number of hydrogen-bond acceptors (Lipinski definition) is 12. The van der Waals surface area contributed by atoms with E-state index in [-0.39, 0.29) is 17.3 Å². The van der Waals surface area contributed by atoms with Gasteiger partial charge in [-0.15, -0.1) is 0 Å². The number of fused-ring (bicyclic) bond motifs is 1. The van der Waals surface area contributed by atoms with Gasteiger partial charge >= 0.3 is 13.7 Å². The van der Waals surface area contributed by atoms with Crippen molar-refractivity contribution in [2.45, 2.75) is 63.9 Å². The Balaban J connectivity index is 1.57. The number of nitrogens with zero attached hydrogens (tertiary/aromatic N) is 4. The molecular weight excluding hydrogens is 560 g/mol. The van der Waals surface area contributed by atoms with Crippen LogP contribution in [0, 0.1) is 0 Å². The lowest BCUT2D eigenvalue weighted by Gasteiger charge is -2.25. The summed E-state index contributed by atoms with van der Waals surface area (Å²) in [5.74, 6) is 0.189. The standard InChI is InChI=1S/C25H35FN7O7P/c1-14(2)38-22(35)15(3)32-41(36,40-16-10-8-7-9-11-16)37-12-17-19(34)25(4,26)23(39-17)33-13-29-18-20(27-5)30-24(28-6)31-21(18)33/h7-11,13-15,17,19,23,34H,12H2,1-6H3,(H,32,36)(H2,27,28,30,31)/t15-,17?,19+,23+,25+,41+/m0/s1. The van der Waals surface area contributed by atoms with Gasteiger partial charge in [0.05, 0.1) is 19.0 Å². The second-order valence-corrected chi connectivity index (χ2v) is 11.6. The summed E-state index contributed by atoms with van der Waals surface area (Å²) in [6.45, 7) is 5.43. The van der Waals surface area contributed by atoms with Gasteiger partial charge in [0.1, 0.15) is 24.0 Å². The lowest BCUT2D eigenvalue weighted by atomic mass is 9.98. The molecule has 1 saturated heterocycles. The molecule has 2 aromatic heterocycles. The average Bonchev–Trinajstić information content (AvgIpc) is 3.44. The Kier molecular flexibility index (Phi) is 9.14. The van der Waals surface area contributed by atoms with Crippen LogP contribution in [0.25, 0.3) is 11.2 Å². The summed E-state index contributed by atoms with van der Waals surface area (Å²) in [6.07, 6.45) is -3.42. The van der Waals surface area contributed by atoms with Crippen LogP contribution in [-0.2, 0) is 23.4 Å². The van der Waals surface area contributed by atoms with Gasteiger partial charge in [-0.2, -0.15) is 15.1 Å². The molecule has 1 aromatic carbocycles. The van der Waals surface area contributed by atoms with E-state index in [1.165, 1.54) is 24.7 Å². The van der Waals surface area contributed by atoms with Crippen LogP contribution >= 0.6 is 7.75 Å². The van der Waals surface area contributed by atoms with E-state index in [0.717, 1.165) is 0 Å². The van der Waals surface area contributed by atoms with E-state index in [2.05, 4.69) is 30.7 Å². The fourth-order valence-electron chi connectivity index (χ4n) is 4.23. The zero-order valence-corrected chi connectivity index (χ0v) is 24.5. The molecule has 4 rings (SSSR count). The Labute approximate surface area is 236 Å². The summed E-state index contributed by atoms with van der Waals surface area (Å²) < 4.78 is 53.5. The van der Waals surface area contributed by atoms with Crippen molar-refractivity contribution in [2.75, 3.05) is 31.3 Å². The number of benzene rings is 1. The van der Waals surface area contributed by atoms with Crippen LogP contribution < -0.4 is 20.2 Å². The van der Waals surface area contributed by atoms with Crippen LogP contribution in [-0.4, -0.2) is 81.3 Å². The number of aliphatic hydroxyl groups is 1. The summed E-state index contributed by atoms with van der Waals surface area (Å²) in [6, 6.07) is 7.09. The number of aromatic nitrogens is 4. The van der Waals surface area contributed by atoms with Gasteiger partial charge in [-0.3, -0.25) is 13.9 Å². The number of ether oxygens (including phenoxy) is 2. The third-order valence-electron chi connectivity index (χ3n) is 6.29. The van der Waals surface area contributed by atoms with E-state index in [0.29, 0.717) is 11.3 Å². The number of alkyl halides is 1. The minimum absolute atomic E-state index is 0.194. The highest BCUT2D eigenvalue weighted by molar-refractivity contribution is 7.52.